The number of benzene rings is 2. The number of methoxy groups -OCH3 is 1. The minimum absolute atomic E-state index is 0.110. The zero-order chi connectivity index (χ0) is 28.5. The van der Waals surface area contributed by atoms with E-state index in [9.17, 15) is 27.6 Å². The first-order chi connectivity index (χ1) is 18.4. The van der Waals surface area contributed by atoms with Gasteiger partial charge in [0.2, 0.25) is 5.91 Å². The fourth-order valence-electron chi connectivity index (χ4n) is 4.31. The zero-order valence-electron chi connectivity index (χ0n) is 20.5. The molecule has 1 aliphatic heterocycles. The number of aromatic nitrogens is 2. The molecule has 9 nitrogen and oxygen atoms in total. The van der Waals surface area contributed by atoms with Crippen LogP contribution in [0, 0.1) is 11.6 Å². The second-order valence-corrected chi connectivity index (χ2v) is 8.42. The minimum atomic E-state index is -4.94. The van der Waals surface area contributed by atoms with Crippen LogP contribution in [0.1, 0.15) is 28.8 Å². The van der Waals surface area contributed by atoms with Crippen molar-refractivity contribution < 1.29 is 41.0 Å². The molecular formula is C25H21F5N4O5. The number of aryl methyl sites for hydroxylation is 1. The van der Waals surface area contributed by atoms with Crippen LogP contribution < -0.4 is 25.2 Å². The minimum Gasteiger partial charge on any atom is -0.497 e. The summed E-state index contributed by atoms with van der Waals surface area (Å²) in [6.07, 6.45) is -3.65. The molecule has 1 aromatic heterocycles. The summed E-state index contributed by atoms with van der Waals surface area (Å²) >= 11 is 0. The monoisotopic (exact) mass is 552 g/mol. The van der Waals surface area contributed by atoms with E-state index in [1.54, 1.807) is 6.92 Å². The van der Waals surface area contributed by atoms with Gasteiger partial charge in [-0.15, -0.1) is 13.2 Å². The van der Waals surface area contributed by atoms with Crippen LogP contribution in [0.3, 0.4) is 0 Å². The number of carbonyl (C=O) groups excluding carboxylic acids is 2. The van der Waals surface area contributed by atoms with Crippen molar-refractivity contribution in [3.63, 3.8) is 0 Å². The largest absolute Gasteiger partial charge is 0.573 e. The zero-order valence-corrected chi connectivity index (χ0v) is 20.5. The quantitative estimate of drug-likeness (QED) is 0.451. The Morgan fingerprint density at radius 2 is 1.72 bits per heavy atom. The van der Waals surface area contributed by atoms with Crippen LogP contribution in [-0.2, 0) is 11.3 Å². The molecule has 0 saturated carbocycles. The molecule has 1 aliphatic rings. The molecule has 39 heavy (non-hydrogen) atoms. The van der Waals surface area contributed by atoms with E-state index in [0.717, 1.165) is 46.0 Å². The fraction of sp³-hybridized carbons (Fsp3) is 0.280. The third kappa shape index (κ3) is 5.68. The standard InChI is InChI=1S/C25H21F5N4O5/c1-3-34-23(36)19(8-9-31-34)33-12-16(20-17(26)10-15(38-2)11-18(20)27)21(24(33)37)32-22(35)13-4-6-14(7-5-13)39-25(28,29)30/h4-11,16,21H,3,12H2,1-2H3,(H,32,35)/t16-,21-/m0/s1. The van der Waals surface area contributed by atoms with E-state index >= 15 is 8.78 Å². The van der Waals surface area contributed by atoms with E-state index < -0.39 is 58.6 Å². The molecule has 1 N–H and O–H groups in total. The number of nitrogens with zero attached hydrogens (tertiary/aromatic N) is 3. The molecular weight excluding hydrogens is 531 g/mol. The van der Waals surface area contributed by atoms with Gasteiger partial charge in [0.15, 0.2) is 0 Å². The number of nitrogens with one attached hydrogen (secondary N) is 1. The van der Waals surface area contributed by atoms with Gasteiger partial charge in [0.25, 0.3) is 11.5 Å². The maximum absolute atomic E-state index is 15.1. The van der Waals surface area contributed by atoms with Crippen LogP contribution in [0.15, 0.2) is 53.5 Å². The van der Waals surface area contributed by atoms with Gasteiger partial charge in [-0.1, -0.05) is 0 Å². The second kappa shape index (κ2) is 10.7. The molecule has 4 rings (SSSR count). The third-order valence-corrected chi connectivity index (χ3v) is 6.09. The Morgan fingerprint density at radius 3 is 2.28 bits per heavy atom. The van der Waals surface area contributed by atoms with Gasteiger partial charge in [0.1, 0.15) is 34.9 Å². The summed E-state index contributed by atoms with van der Waals surface area (Å²) in [5.74, 6) is -5.80. The summed E-state index contributed by atoms with van der Waals surface area (Å²) in [5, 5.41) is 6.31. The summed E-state index contributed by atoms with van der Waals surface area (Å²) in [4.78, 5) is 40.3. The summed E-state index contributed by atoms with van der Waals surface area (Å²) in [6.45, 7) is 1.47. The van der Waals surface area contributed by atoms with Gasteiger partial charge in [0.05, 0.1) is 7.11 Å². The van der Waals surface area contributed by atoms with Gasteiger partial charge in [-0.05, 0) is 37.3 Å². The highest BCUT2D eigenvalue weighted by Crippen LogP contribution is 2.36. The Kier molecular flexibility index (Phi) is 7.56. The van der Waals surface area contributed by atoms with E-state index in [2.05, 4.69) is 15.2 Å². The summed E-state index contributed by atoms with van der Waals surface area (Å²) in [6, 6.07) is 5.42. The second-order valence-electron chi connectivity index (χ2n) is 8.42. The molecule has 3 aromatic rings. The SMILES string of the molecule is CCn1nccc(N2C[C@@H](c3c(F)cc(OC)cc3F)[C@H](NC(=O)c3ccc(OC(F)(F)F)cc3)C2=O)c1=O. The van der Waals surface area contributed by atoms with Crippen molar-refractivity contribution in [3.8, 4) is 11.5 Å². The molecule has 14 heteroatoms. The highest BCUT2D eigenvalue weighted by molar-refractivity contribution is 6.05. The third-order valence-electron chi connectivity index (χ3n) is 6.09. The van der Waals surface area contributed by atoms with Crippen LogP contribution in [0.25, 0.3) is 0 Å². The maximum Gasteiger partial charge on any atom is 0.573 e. The first-order valence-corrected chi connectivity index (χ1v) is 11.5. The van der Waals surface area contributed by atoms with Crippen molar-refractivity contribution in [2.75, 3.05) is 18.6 Å². The molecule has 2 heterocycles. The number of rotatable bonds is 7. The van der Waals surface area contributed by atoms with Crippen molar-refractivity contribution in [3.05, 3.63) is 81.8 Å². The number of anilines is 1. The average Bonchev–Trinajstić information content (AvgIpc) is 3.18. The van der Waals surface area contributed by atoms with E-state index in [1.807, 2.05) is 0 Å². The van der Waals surface area contributed by atoms with E-state index in [0.29, 0.717) is 0 Å². The van der Waals surface area contributed by atoms with Crippen molar-refractivity contribution in [2.45, 2.75) is 31.8 Å². The first kappa shape index (κ1) is 27.5. The Bertz CT molecular complexity index is 1440. The van der Waals surface area contributed by atoms with Crippen LogP contribution in [0.5, 0.6) is 11.5 Å². The lowest BCUT2D eigenvalue weighted by molar-refractivity contribution is -0.274. The van der Waals surface area contributed by atoms with Crippen LogP contribution >= 0.6 is 0 Å². The van der Waals surface area contributed by atoms with Gasteiger partial charge in [0, 0.05) is 48.5 Å². The Hall–Kier alpha value is -4.49. The number of ether oxygens (including phenoxy) is 2. The first-order valence-electron chi connectivity index (χ1n) is 11.5. The molecule has 2 atom stereocenters. The van der Waals surface area contributed by atoms with Gasteiger partial charge >= 0.3 is 6.36 Å². The van der Waals surface area contributed by atoms with Crippen molar-refractivity contribution >= 4 is 17.5 Å². The highest BCUT2D eigenvalue weighted by atomic mass is 19.4. The number of carbonyl (C=O) groups is 2. The Morgan fingerprint density at radius 1 is 1.08 bits per heavy atom. The van der Waals surface area contributed by atoms with Crippen molar-refractivity contribution in [1.29, 1.82) is 0 Å². The van der Waals surface area contributed by atoms with Crippen molar-refractivity contribution in [1.82, 2.24) is 15.1 Å². The summed E-state index contributed by atoms with van der Waals surface area (Å²) < 4.78 is 77.2. The van der Waals surface area contributed by atoms with Gasteiger partial charge in [-0.25, -0.2) is 13.5 Å². The lowest BCUT2D eigenvalue weighted by Crippen LogP contribution is -2.44. The number of hydrogen-bond acceptors (Lipinski definition) is 6. The summed E-state index contributed by atoms with van der Waals surface area (Å²) in [5.41, 5.74) is -1.41. The van der Waals surface area contributed by atoms with E-state index in [-0.39, 0.29) is 30.1 Å². The number of halogens is 5. The van der Waals surface area contributed by atoms with Crippen LogP contribution in [0.2, 0.25) is 0 Å². The molecule has 0 bridgehead atoms. The number of amides is 2. The molecule has 0 radical (unpaired) electrons. The maximum atomic E-state index is 15.1. The van der Waals surface area contributed by atoms with Crippen LogP contribution in [0.4, 0.5) is 27.6 Å². The molecule has 0 unspecified atom stereocenters. The van der Waals surface area contributed by atoms with Crippen LogP contribution in [-0.4, -0.2) is 47.7 Å². The smallest absolute Gasteiger partial charge is 0.497 e. The lowest BCUT2D eigenvalue weighted by Gasteiger charge is -2.20. The van der Waals surface area contributed by atoms with Gasteiger partial charge in [-0.3, -0.25) is 14.4 Å². The fourth-order valence-corrected chi connectivity index (χ4v) is 4.31. The lowest BCUT2D eigenvalue weighted by atomic mass is 9.92. The number of alkyl halides is 3. The predicted molar refractivity (Wildman–Crippen MR) is 127 cm³/mol. The molecule has 206 valence electrons. The molecule has 1 fully saturated rings. The topological polar surface area (TPSA) is 103 Å². The normalized spacial score (nSPS) is 17.3. The van der Waals surface area contributed by atoms with E-state index in [4.69, 9.17) is 4.74 Å². The average molecular weight is 552 g/mol. The molecule has 0 aliphatic carbocycles. The highest BCUT2D eigenvalue weighted by Gasteiger charge is 2.46. The summed E-state index contributed by atoms with van der Waals surface area (Å²) in [7, 11) is 1.21. The van der Waals surface area contributed by atoms with E-state index in [1.165, 1.54) is 19.4 Å². The molecule has 2 amide bonds. The van der Waals surface area contributed by atoms with Gasteiger partial charge in [-0.2, -0.15) is 5.10 Å². The Labute approximate surface area is 217 Å². The molecule has 2 aromatic carbocycles. The Balaban J connectivity index is 1.71. The molecule has 1 saturated heterocycles. The molecule has 0 spiro atoms. The number of hydrogen-bond donors (Lipinski definition) is 1. The van der Waals surface area contributed by atoms with Gasteiger partial charge < -0.3 is 19.7 Å². The predicted octanol–water partition coefficient (Wildman–Crippen LogP) is 3.38. The van der Waals surface area contributed by atoms with Crippen molar-refractivity contribution in [2.24, 2.45) is 0 Å².